The van der Waals surface area contributed by atoms with Gasteiger partial charge in [-0.05, 0) is 36.9 Å². The SMILES string of the molecule is [2H]C([2H])([2H])N1C(=O)c2cccc(OC(F)F)c2[C@H]2C[C@@H]1c1nc3ccc(C#CC4CN(CC)C4)cc3n12. The molecule has 1 aromatic heterocycles. The second-order valence-electron chi connectivity index (χ2n) is 8.90. The fourth-order valence-corrected chi connectivity index (χ4v) is 5.29. The van der Waals surface area contributed by atoms with Gasteiger partial charge in [0, 0.05) is 53.2 Å². The van der Waals surface area contributed by atoms with Gasteiger partial charge in [-0.25, -0.2) is 4.98 Å². The molecule has 6 rings (SSSR count). The molecule has 3 aliphatic rings. The van der Waals surface area contributed by atoms with Crippen LogP contribution in [0.4, 0.5) is 8.78 Å². The summed E-state index contributed by atoms with van der Waals surface area (Å²) < 4.78 is 57.6. The molecular weight excluding hydrogens is 438 g/mol. The van der Waals surface area contributed by atoms with Crippen molar-refractivity contribution in [3.63, 3.8) is 0 Å². The fourth-order valence-electron chi connectivity index (χ4n) is 5.29. The predicted octanol–water partition coefficient (Wildman–Crippen LogP) is 4.06. The summed E-state index contributed by atoms with van der Waals surface area (Å²) in [4.78, 5) is 21.3. The molecule has 2 atom stereocenters. The Hall–Kier alpha value is -3.44. The highest BCUT2D eigenvalue weighted by Crippen LogP contribution is 2.49. The molecule has 0 radical (unpaired) electrons. The molecule has 0 aliphatic carbocycles. The Morgan fingerprint density at radius 2 is 2.12 bits per heavy atom. The third-order valence-electron chi connectivity index (χ3n) is 6.97. The Bertz CT molecular complexity index is 1470. The highest BCUT2D eigenvalue weighted by atomic mass is 19.3. The molecule has 174 valence electrons. The van der Waals surface area contributed by atoms with Crippen molar-refractivity contribution in [1.29, 1.82) is 0 Å². The van der Waals surface area contributed by atoms with E-state index in [1.807, 2.05) is 22.8 Å². The van der Waals surface area contributed by atoms with Crippen molar-refractivity contribution in [1.82, 2.24) is 19.4 Å². The predicted molar refractivity (Wildman–Crippen MR) is 123 cm³/mol. The number of halogens is 2. The summed E-state index contributed by atoms with van der Waals surface area (Å²) in [6.45, 7) is -0.847. The van der Waals surface area contributed by atoms with Crippen LogP contribution in [0.25, 0.3) is 11.0 Å². The van der Waals surface area contributed by atoms with Gasteiger partial charge in [-0.3, -0.25) is 4.79 Å². The smallest absolute Gasteiger partial charge is 0.387 e. The number of ether oxygens (including phenoxy) is 1. The number of hydrogen-bond donors (Lipinski definition) is 0. The summed E-state index contributed by atoms with van der Waals surface area (Å²) in [7, 11) is 0. The molecule has 0 N–H and O–H groups in total. The van der Waals surface area contributed by atoms with E-state index in [9.17, 15) is 13.6 Å². The standard InChI is InChI=1S/C26H24F2N4O2/c1-3-31-13-16(14-31)8-7-15-9-10-18-19(11-15)32-20-12-21(24(32)29-18)30(2)25(33)17-5-4-6-22(23(17)20)34-26(27)28/h4-6,9-11,16,20-21,26H,3,12-14H2,1-2H3/t20-,21-/m1/s1/i2D3. The number of benzene rings is 2. The molecular formula is C26H24F2N4O2. The molecule has 2 aromatic carbocycles. The molecule has 1 amide bonds. The van der Waals surface area contributed by atoms with Crippen LogP contribution in [0.3, 0.4) is 0 Å². The second kappa shape index (κ2) is 7.81. The summed E-state index contributed by atoms with van der Waals surface area (Å²) >= 11 is 0. The first kappa shape index (κ1) is 18.0. The highest BCUT2D eigenvalue weighted by molar-refractivity contribution is 5.97. The zero-order valence-corrected chi connectivity index (χ0v) is 18.5. The van der Waals surface area contributed by atoms with Crippen LogP contribution < -0.4 is 4.74 Å². The molecule has 8 heteroatoms. The van der Waals surface area contributed by atoms with E-state index in [0.29, 0.717) is 22.8 Å². The maximum absolute atomic E-state index is 13.5. The molecule has 1 fully saturated rings. The van der Waals surface area contributed by atoms with Gasteiger partial charge in [0.15, 0.2) is 0 Å². The van der Waals surface area contributed by atoms with Gasteiger partial charge in [-0.15, -0.1) is 0 Å². The number of alkyl halides is 2. The lowest BCUT2D eigenvalue weighted by atomic mass is 9.97. The van der Waals surface area contributed by atoms with E-state index in [-0.39, 0.29) is 23.3 Å². The number of carbonyl (C=O) groups excluding carboxylic acids is 1. The monoisotopic (exact) mass is 465 g/mol. The Morgan fingerprint density at radius 1 is 1.26 bits per heavy atom. The van der Waals surface area contributed by atoms with Crippen LogP contribution in [0.5, 0.6) is 5.75 Å². The summed E-state index contributed by atoms with van der Waals surface area (Å²) in [5.41, 5.74) is 2.38. The molecule has 0 spiro atoms. The van der Waals surface area contributed by atoms with E-state index in [4.69, 9.17) is 13.8 Å². The number of rotatable bonds is 3. The Kier molecular flexibility index (Phi) is 4.13. The van der Waals surface area contributed by atoms with E-state index in [2.05, 4.69) is 23.7 Å². The van der Waals surface area contributed by atoms with Gasteiger partial charge in [-0.1, -0.05) is 24.8 Å². The number of hydrogen-bond acceptors (Lipinski definition) is 4. The van der Waals surface area contributed by atoms with E-state index < -0.39 is 31.6 Å². The van der Waals surface area contributed by atoms with Crippen molar-refractivity contribution in [3.8, 4) is 17.6 Å². The normalized spacial score (nSPS) is 23.4. The van der Waals surface area contributed by atoms with Gasteiger partial charge in [0.2, 0.25) is 0 Å². The van der Waals surface area contributed by atoms with Crippen LogP contribution in [0.2, 0.25) is 0 Å². The van der Waals surface area contributed by atoms with Crippen molar-refractivity contribution in [3.05, 3.63) is 58.9 Å². The summed E-state index contributed by atoms with van der Waals surface area (Å²) in [6, 6.07) is 8.38. The van der Waals surface area contributed by atoms with Gasteiger partial charge < -0.3 is 19.1 Å². The Labute approximate surface area is 200 Å². The second-order valence-corrected chi connectivity index (χ2v) is 8.90. The average Bonchev–Trinajstić information content (AvgIpc) is 3.30. The largest absolute Gasteiger partial charge is 0.434 e. The zero-order chi connectivity index (χ0) is 26.1. The molecule has 3 aliphatic heterocycles. The van der Waals surface area contributed by atoms with Crippen molar-refractivity contribution in [2.24, 2.45) is 5.92 Å². The Morgan fingerprint density at radius 3 is 2.88 bits per heavy atom. The molecule has 1 saturated heterocycles. The van der Waals surface area contributed by atoms with Crippen LogP contribution >= 0.6 is 0 Å². The molecule has 2 bridgehead atoms. The number of aromatic nitrogens is 2. The van der Waals surface area contributed by atoms with Gasteiger partial charge in [-0.2, -0.15) is 8.78 Å². The van der Waals surface area contributed by atoms with Crippen LogP contribution in [-0.4, -0.2) is 58.5 Å². The number of likely N-dealkylation sites (tertiary alicyclic amines) is 1. The van der Waals surface area contributed by atoms with Crippen molar-refractivity contribution >= 4 is 16.9 Å². The third-order valence-corrected chi connectivity index (χ3v) is 6.97. The minimum Gasteiger partial charge on any atom is -0.434 e. The first-order valence-corrected chi connectivity index (χ1v) is 11.3. The van der Waals surface area contributed by atoms with E-state index in [0.717, 1.165) is 30.1 Å². The lowest BCUT2D eigenvalue weighted by Crippen LogP contribution is -2.45. The lowest BCUT2D eigenvalue weighted by Gasteiger charge is -2.35. The fraction of sp³-hybridized carbons (Fsp3) is 0.385. The first-order chi connectivity index (χ1) is 17.7. The molecule has 0 saturated carbocycles. The third kappa shape index (κ3) is 3.18. The molecule has 6 nitrogen and oxygen atoms in total. The lowest BCUT2D eigenvalue weighted by molar-refractivity contribution is -0.0507. The van der Waals surface area contributed by atoms with Crippen molar-refractivity contribution in [2.45, 2.75) is 32.0 Å². The van der Waals surface area contributed by atoms with Gasteiger partial charge >= 0.3 is 6.61 Å². The topological polar surface area (TPSA) is 50.6 Å². The van der Waals surface area contributed by atoms with Gasteiger partial charge in [0.1, 0.15) is 11.6 Å². The summed E-state index contributed by atoms with van der Waals surface area (Å²) in [6.07, 6.45) is 0.184. The van der Waals surface area contributed by atoms with Crippen LogP contribution in [0.15, 0.2) is 36.4 Å². The van der Waals surface area contributed by atoms with Gasteiger partial charge in [0.25, 0.3) is 5.91 Å². The number of imidazole rings is 1. The summed E-state index contributed by atoms with van der Waals surface area (Å²) in [5, 5.41) is 0. The number of nitrogens with zero attached hydrogens (tertiary/aromatic N) is 4. The minimum absolute atomic E-state index is 0.0377. The molecule has 0 unspecified atom stereocenters. The maximum atomic E-state index is 13.5. The maximum Gasteiger partial charge on any atom is 0.387 e. The zero-order valence-electron chi connectivity index (χ0n) is 21.5. The number of amides is 1. The Balaban J connectivity index is 1.51. The molecule has 34 heavy (non-hydrogen) atoms. The van der Waals surface area contributed by atoms with E-state index in [1.54, 1.807) is 0 Å². The highest BCUT2D eigenvalue weighted by Gasteiger charge is 2.45. The van der Waals surface area contributed by atoms with Crippen LogP contribution in [0.1, 0.15) is 56.8 Å². The van der Waals surface area contributed by atoms with Gasteiger partial charge in [0.05, 0.1) is 23.1 Å². The molecule has 4 heterocycles. The van der Waals surface area contributed by atoms with E-state index >= 15 is 0 Å². The number of carbonyl (C=O) groups is 1. The number of fused-ring (bicyclic) bond motifs is 9. The van der Waals surface area contributed by atoms with Crippen LogP contribution in [-0.2, 0) is 0 Å². The van der Waals surface area contributed by atoms with E-state index in [1.165, 1.54) is 18.2 Å². The first-order valence-electron chi connectivity index (χ1n) is 12.8. The molecule has 3 aromatic rings. The quantitative estimate of drug-likeness (QED) is 0.548. The van der Waals surface area contributed by atoms with Crippen LogP contribution in [0, 0.1) is 17.8 Å². The minimum atomic E-state index is -3.10. The van der Waals surface area contributed by atoms with Crippen molar-refractivity contribution < 1.29 is 22.4 Å². The average molecular weight is 466 g/mol. The summed E-state index contributed by atoms with van der Waals surface area (Å²) in [5.74, 6) is 6.36. The van der Waals surface area contributed by atoms with Crippen molar-refractivity contribution in [2.75, 3.05) is 26.6 Å².